The first-order valence-electron chi connectivity index (χ1n) is 10.0. The normalized spacial score (nSPS) is 17.1. The Hall–Kier alpha value is -3.05. The second-order valence-corrected chi connectivity index (χ2v) is 7.42. The number of para-hydroxylation sites is 1. The number of hydrogen-bond donors (Lipinski definition) is 1. The van der Waals surface area contributed by atoms with Crippen LogP contribution in [0.5, 0.6) is 5.75 Å². The molecule has 3 aromatic rings. The Morgan fingerprint density at radius 2 is 1.97 bits per heavy atom. The average Bonchev–Trinajstić information content (AvgIpc) is 3.27. The maximum Gasteiger partial charge on any atom is 0.228 e. The van der Waals surface area contributed by atoms with Crippen molar-refractivity contribution in [2.24, 2.45) is 5.92 Å². The lowest BCUT2D eigenvalue weighted by molar-refractivity contribution is -0.121. The van der Waals surface area contributed by atoms with Crippen LogP contribution in [0, 0.1) is 5.92 Å². The first-order chi connectivity index (χ1) is 14.2. The summed E-state index contributed by atoms with van der Waals surface area (Å²) in [6, 6.07) is 19.7. The van der Waals surface area contributed by atoms with E-state index in [-0.39, 0.29) is 11.8 Å². The van der Waals surface area contributed by atoms with Gasteiger partial charge in [-0.15, -0.1) is 0 Å². The van der Waals surface area contributed by atoms with Crippen LogP contribution in [-0.4, -0.2) is 31.0 Å². The zero-order valence-corrected chi connectivity index (χ0v) is 16.6. The van der Waals surface area contributed by atoms with E-state index in [9.17, 15) is 4.79 Å². The van der Waals surface area contributed by atoms with Crippen LogP contribution >= 0.6 is 0 Å². The third-order valence-corrected chi connectivity index (χ3v) is 5.42. The van der Waals surface area contributed by atoms with Gasteiger partial charge in [-0.2, -0.15) is 0 Å². The van der Waals surface area contributed by atoms with E-state index >= 15 is 0 Å². The number of nitrogens with one attached hydrogen (secondary N) is 1. The molecule has 0 bridgehead atoms. The molecule has 0 unspecified atom stereocenters. The molecular formula is C24H26N2O3. The number of carbonyl (C=O) groups is 1. The van der Waals surface area contributed by atoms with Crippen molar-refractivity contribution in [3.63, 3.8) is 0 Å². The third kappa shape index (κ3) is 4.69. The lowest BCUT2D eigenvalue weighted by Gasteiger charge is -2.31. The van der Waals surface area contributed by atoms with E-state index in [1.807, 2.05) is 60.7 Å². The van der Waals surface area contributed by atoms with Crippen molar-refractivity contribution in [1.29, 1.82) is 0 Å². The monoisotopic (exact) mass is 390 g/mol. The largest absolute Gasteiger partial charge is 0.497 e. The number of likely N-dealkylation sites (tertiary alicyclic amines) is 1. The summed E-state index contributed by atoms with van der Waals surface area (Å²) >= 11 is 0. The molecule has 0 radical (unpaired) electrons. The van der Waals surface area contributed by atoms with Gasteiger partial charge in [0.15, 0.2) is 0 Å². The van der Waals surface area contributed by atoms with Gasteiger partial charge in [0, 0.05) is 17.8 Å². The molecule has 1 atom stereocenters. The van der Waals surface area contributed by atoms with Gasteiger partial charge in [-0.25, -0.2) is 0 Å². The molecule has 1 saturated heterocycles. The highest BCUT2D eigenvalue weighted by molar-refractivity contribution is 5.97. The predicted octanol–water partition coefficient (Wildman–Crippen LogP) is 4.81. The van der Waals surface area contributed by atoms with Crippen molar-refractivity contribution in [2.45, 2.75) is 19.4 Å². The van der Waals surface area contributed by atoms with Crippen LogP contribution in [-0.2, 0) is 11.3 Å². The predicted molar refractivity (Wildman–Crippen MR) is 114 cm³/mol. The highest BCUT2D eigenvalue weighted by atomic mass is 16.5. The van der Waals surface area contributed by atoms with E-state index in [4.69, 9.17) is 9.15 Å². The van der Waals surface area contributed by atoms with E-state index in [1.54, 1.807) is 13.4 Å². The summed E-state index contributed by atoms with van der Waals surface area (Å²) in [5, 5.41) is 3.17. The first kappa shape index (κ1) is 19.3. The van der Waals surface area contributed by atoms with Gasteiger partial charge >= 0.3 is 0 Å². The average molecular weight is 390 g/mol. The van der Waals surface area contributed by atoms with Crippen LogP contribution in [0.4, 0.5) is 5.69 Å². The third-order valence-electron chi connectivity index (χ3n) is 5.42. The standard InChI is InChI=1S/C24H26N2O3/c1-28-20-12-10-18(11-13-20)22-8-2-3-9-23(22)25-24(27)19-6-4-14-26(16-19)17-21-7-5-15-29-21/h2-3,5,7-13,15,19H,4,6,14,16-17H2,1H3,(H,25,27)/t19-/m1/s1. The smallest absolute Gasteiger partial charge is 0.228 e. The van der Waals surface area contributed by atoms with Crippen molar-refractivity contribution >= 4 is 11.6 Å². The van der Waals surface area contributed by atoms with Gasteiger partial charge in [0.1, 0.15) is 11.5 Å². The molecule has 4 rings (SSSR count). The molecule has 1 aliphatic heterocycles. The fourth-order valence-corrected chi connectivity index (χ4v) is 3.89. The summed E-state index contributed by atoms with van der Waals surface area (Å²) in [5.74, 6) is 1.81. The minimum atomic E-state index is -0.0253. The SMILES string of the molecule is COc1ccc(-c2ccccc2NC(=O)[C@@H]2CCCN(Cc3ccco3)C2)cc1. The molecule has 0 aliphatic carbocycles. The number of hydrogen-bond acceptors (Lipinski definition) is 4. The number of anilines is 1. The van der Waals surface area contributed by atoms with Gasteiger partial charge in [0.25, 0.3) is 0 Å². The molecule has 1 fully saturated rings. The second kappa shape index (κ2) is 8.97. The number of ether oxygens (including phenoxy) is 1. The van der Waals surface area contributed by atoms with Crippen molar-refractivity contribution in [1.82, 2.24) is 4.90 Å². The number of piperidine rings is 1. The number of nitrogens with zero attached hydrogens (tertiary/aromatic N) is 1. The molecule has 1 aliphatic rings. The lowest BCUT2D eigenvalue weighted by Crippen LogP contribution is -2.40. The number of rotatable bonds is 6. The van der Waals surface area contributed by atoms with Gasteiger partial charge in [-0.3, -0.25) is 9.69 Å². The molecule has 150 valence electrons. The maximum absolute atomic E-state index is 13.0. The Bertz CT molecular complexity index is 935. The Morgan fingerprint density at radius 1 is 1.14 bits per heavy atom. The summed E-state index contributed by atoms with van der Waals surface area (Å²) < 4.78 is 10.7. The quantitative estimate of drug-likeness (QED) is 0.656. The summed E-state index contributed by atoms with van der Waals surface area (Å²) in [6.07, 6.45) is 3.61. The van der Waals surface area contributed by atoms with Crippen LogP contribution in [0.15, 0.2) is 71.3 Å². The van der Waals surface area contributed by atoms with Gasteiger partial charge in [-0.05, 0) is 55.3 Å². The van der Waals surface area contributed by atoms with Crippen LogP contribution in [0.1, 0.15) is 18.6 Å². The summed E-state index contributed by atoms with van der Waals surface area (Å²) in [7, 11) is 1.66. The Morgan fingerprint density at radius 3 is 2.72 bits per heavy atom. The molecule has 0 spiro atoms. The van der Waals surface area contributed by atoms with E-state index < -0.39 is 0 Å². The van der Waals surface area contributed by atoms with Gasteiger partial charge in [-0.1, -0.05) is 30.3 Å². The number of benzene rings is 2. The molecule has 29 heavy (non-hydrogen) atoms. The minimum absolute atomic E-state index is 0.0253. The minimum Gasteiger partial charge on any atom is -0.497 e. The van der Waals surface area contributed by atoms with Crippen LogP contribution in [0.3, 0.4) is 0 Å². The van der Waals surface area contributed by atoms with E-state index in [1.165, 1.54) is 0 Å². The molecule has 5 nitrogen and oxygen atoms in total. The molecule has 0 saturated carbocycles. The molecule has 1 aromatic heterocycles. The van der Waals surface area contributed by atoms with Gasteiger partial charge < -0.3 is 14.5 Å². The Kier molecular flexibility index (Phi) is 5.96. The van der Waals surface area contributed by atoms with Crippen molar-refractivity contribution in [3.05, 3.63) is 72.7 Å². The molecular weight excluding hydrogens is 364 g/mol. The Balaban J connectivity index is 1.45. The van der Waals surface area contributed by atoms with Crippen molar-refractivity contribution in [3.8, 4) is 16.9 Å². The number of methoxy groups -OCH3 is 1. The fraction of sp³-hybridized carbons (Fsp3) is 0.292. The Labute approximate surface area is 171 Å². The molecule has 1 N–H and O–H groups in total. The zero-order valence-electron chi connectivity index (χ0n) is 16.6. The van der Waals surface area contributed by atoms with Crippen molar-refractivity contribution in [2.75, 3.05) is 25.5 Å². The van der Waals surface area contributed by atoms with Crippen LogP contribution < -0.4 is 10.1 Å². The first-order valence-corrected chi connectivity index (χ1v) is 10.0. The zero-order chi connectivity index (χ0) is 20.1. The van der Waals surface area contributed by atoms with E-state index in [0.717, 1.165) is 60.8 Å². The van der Waals surface area contributed by atoms with E-state index in [2.05, 4.69) is 10.2 Å². The molecule has 5 heteroatoms. The summed E-state index contributed by atoms with van der Waals surface area (Å²) in [5.41, 5.74) is 2.89. The maximum atomic E-state index is 13.0. The lowest BCUT2D eigenvalue weighted by atomic mass is 9.96. The fourth-order valence-electron chi connectivity index (χ4n) is 3.89. The van der Waals surface area contributed by atoms with Gasteiger partial charge in [0.05, 0.1) is 25.8 Å². The summed E-state index contributed by atoms with van der Waals surface area (Å²) in [4.78, 5) is 15.3. The molecule has 2 heterocycles. The number of amides is 1. The highest BCUT2D eigenvalue weighted by Gasteiger charge is 2.26. The van der Waals surface area contributed by atoms with E-state index in [0.29, 0.717) is 0 Å². The van der Waals surface area contributed by atoms with Crippen LogP contribution in [0.2, 0.25) is 0 Å². The summed E-state index contributed by atoms with van der Waals surface area (Å²) in [6.45, 7) is 2.49. The van der Waals surface area contributed by atoms with Gasteiger partial charge in [0.2, 0.25) is 5.91 Å². The number of furan rings is 1. The topological polar surface area (TPSA) is 54.7 Å². The molecule has 1 amide bonds. The van der Waals surface area contributed by atoms with Crippen molar-refractivity contribution < 1.29 is 13.9 Å². The van der Waals surface area contributed by atoms with Crippen LogP contribution in [0.25, 0.3) is 11.1 Å². The highest BCUT2D eigenvalue weighted by Crippen LogP contribution is 2.30. The second-order valence-electron chi connectivity index (χ2n) is 7.42. The molecule has 2 aromatic carbocycles. The number of carbonyl (C=O) groups excluding carboxylic acids is 1.